The molecule has 0 unspecified atom stereocenters. The van der Waals surface area contributed by atoms with Crippen molar-refractivity contribution >= 4 is 17.1 Å². The number of methoxy groups -OCH3 is 3. The van der Waals surface area contributed by atoms with Gasteiger partial charge in [-0.25, -0.2) is 4.79 Å². The van der Waals surface area contributed by atoms with Crippen LogP contribution in [0.3, 0.4) is 0 Å². The third-order valence-corrected chi connectivity index (χ3v) is 5.13. The van der Waals surface area contributed by atoms with Gasteiger partial charge in [0.05, 0.1) is 33.5 Å². The molecule has 0 radical (unpaired) electrons. The number of ether oxygens (including phenoxy) is 4. The third kappa shape index (κ3) is 4.85. The number of benzene rings is 3. The molecule has 0 aliphatic heterocycles. The lowest BCUT2D eigenvalue weighted by molar-refractivity contribution is -0.136. The number of esters is 1. The first-order valence-electron chi connectivity index (χ1n) is 10.4. The number of hydrogen-bond donors (Lipinski definition) is 3. The zero-order valence-electron chi connectivity index (χ0n) is 19.3. The Morgan fingerprint density at radius 2 is 1.06 bits per heavy atom. The van der Waals surface area contributed by atoms with Crippen molar-refractivity contribution in [1.82, 2.24) is 0 Å². The van der Waals surface area contributed by atoms with Gasteiger partial charge in [-0.15, -0.1) is 0 Å². The molecule has 0 atom stereocenters. The molecule has 0 aliphatic rings. The van der Waals surface area contributed by atoms with E-state index in [2.05, 4.69) is 0 Å². The molecule has 0 amide bonds. The normalized spacial score (nSPS) is 10.4. The van der Waals surface area contributed by atoms with Gasteiger partial charge in [0, 0.05) is 5.57 Å². The first kappa shape index (κ1) is 24.3. The molecule has 3 aromatic carbocycles. The van der Waals surface area contributed by atoms with Crippen LogP contribution < -0.4 is 14.2 Å². The molecule has 0 aromatic heterocycles. The minimum absolute atomic E-state index is 0.0714. The highest BCUT2D eigenvalue weighted by molar-refractivity contribution is 6.27. The van der Waals surface area contributed by atoms with E-state index in [0.29, 0.717) is 22.3 Å². The summed E-state index contributed by atoms with van der Waals surface area (Å²) < 4.78 is 21.2. The summed E-state index contributed by atoms with van der Waals surface area (Å²) in [4.78, 5) is 13.3. The molecule has 8 heteroatoms. The van der Waals surface area contributed by atoms with Crippen LogP contribution in [0, 0.1) is 0 Å². The van der Waals surface area contributed by atoms with Crippen molar-refractivity contribution in [2.75, 3.05) is 27.9 Å². The minimum Gasteiger partial charge on any atom is -0.504 e. The Labute approximate surface area is 197 Å². The lowest BCUT2D eigenvalue weighted by Gasteiger charge is -2.18. The Balaban J connectivity index is 2.46. The smallest absolute Gasteiger partial charge is 0.339 e. The van der Waals surface area contributed by atoms with Crippen molar-refractivity contribution in [2.24, 2.45) is 0 Å². The molecular formula is C26H26O8. The maximum Gasteiger partial charge on any atom is 0.339 e. The first-order chi connectivity index (χ1) is 16.3. The van der Waals surface area contributed by atoms with Crippen LogP contribution in [-0.2, 0) is 9.53 Å². The molecule has 178 valence electrons. The standard InChI is InChI=1S/C26H26O8/c1-5-34-26(30)25(17-8-11-20(29)23(14-17)33-4)24(15-6-9-18(27)21(12-15)31-2)16-7-10-19(28)22(13-16)32-3/h6-14,27-29H,5H2,1-4H3. The number of hydrogen-bond acceptors (Lipinski definition) is 8. The van der Waals surface area contributed by atoms with Gasteiger partial charge in [0.25, 0.3) is 0 Å². The molecule has 0 aliphatic carbocycles. The van der Waals surface area contributed by atoms with Crippen molar-refractivity contribution in [3.8, 4) is 34.5 Å². The maximum absolute atomic E-state index is 13.3. The largest absolute Gasteiger partial charge is 0.504 e. The molecule has 0 fully saturated rings. The number of carbonyl (C=O) groups excluding carboxylic acids is 1. The summed E-state index contributed by atoms with van der Waals surface area (Å²) in [6.45, 7) is 1.82. The summed E-state index contributed by atoms with van der Waals surface area (Å²) in [5.41, 5.74) is 2.06. The van der Waals surface area contributed by atoms with Crippen molar-refractivity contribution < 1.29 is 39.1 Å². The predicted octanol–water partition coefficient (Wildman–Crippen LogP) is 4.35. The van der Waals surface area contributed by atoms with Gasteiger partial charge in [-0.05, 0) is 60.0 Å². The molecule has 0 saturated heterocycles. The highest BCUT2D eigenvalue weighted by atomic mass is 16.5. The Morgan fingerprint density at radius 1 is 0.676 bits per heavy atom. The summed E-state index contributed by atoms with van der Waals surface area (Å²) in [6, 6.07) is 13.8. The molecule has 8 nitrogen and oxygen atoms in total. The number of phenolic OH excluding ortho intramolecular Hbond substituents is 3. The van der Waals surface area contributed by atoms with E-state index in [1.54, 1.807) is 37.3 Å². The Morgan fingerprint density at radius 3 is 1.44 bits per heavy atom. The van der Waals surface area contributed by atoms with E-state index in [1.807, 2.05) is 0 Å². The molecule has 3 N–H and O–H groups in total. The first-order valence-corrected chi connectivity index (χ1v) is 10.4. The fourth-order valence-corrected chi connectivity index (χ4v) is 3.52. The second-order valence-corrected chi connectivity index (χ2v) is 7.13. The van der Waals surface area contributed by atoms with Gasteiger partial charge in [-0.2, -0.15) is 0 Å². The topological polar surface area (TPSA) is 115 Å². The zero-order chi connectivity index (χ0) is 24.8. The fourth-order valence-electron chi connectivity index (χ4n) is 3.52. The van der Waals surface area contributed by atoms with Gasteiger partial charge in [-0.1, -0.05) is 18.2 Å². The van der Waals surface area contributed by atoms with Crippen LogP contribution in [0.5, 0.6) is 34.5 Å². The summed E-state index contributed by atoms with van der Waals surface area (Å²) in [5, 5.41) is 30.3. The van der Waals surface area contributed by atoms with Crippen LogP contribution in [0.2, 0.25) is 0 Å². The third-order valence-electron chi connectivity index (χ3n) is 5.13. The molecule has 0 heterocycles. The summed E-state index contributed by atoms with van der Waals surface area (Å²) in [6.07, 6.45) is 0. The van der Waals surface area contributed by atoms with Crippen molar-refractivity contribution in [2.45, 2.75) is 6.92 Å². The Hall–Kier alpha value is -4.33. The highest BCUT2D eigenvalue weighted by Gasteiger charge is 2.24. The van der Waals surface area contributed by atoms with E-state index in [9.17, 15) is 20.1 Å². The maximum atomic E-state index is 13.3. The van der Waals surface area contributed by atoms with Crippen LogP contribution >= 0.6 is 0 Å². The van der Waals surface area contributed by atoms with Crippen LogP contribution in [0.1, 0.15) is 23.6 Å². The average molecular weight is 466 g/mol. The zero-order valence-corrected chi connectivity index (χ0v) is 19.3. The van der Waals surface area contributed by atoms with Gasteiger partial charge in [0.15, 0.2) is 34.5 Å². The predicted molar refractivity (Wildman–Crippen MR) is 127 cm³/mol. The monoisotopic (exact) mass is 466 g/mol. The quantitative estimate of drug-likeness (QED) is 0.255. The van der Waals surface area contributed by atoms with Crippen LogP contribution in [-0.4, -0.2) is 49.2 Å². The van der Waals surface area contributed by atoms with Crippen LogP contribution in [0.25, 0.3) is 11.1 Å². The lowest BCUT2D eigenvalue weighted by Crippen LogP contribution is -2.10. The molecule has 3 aromatic rings. The molecular weight excluding hydrogens is 440 g/mol. The average Bonchev–Trinajstić information content (AvgIpc) is 2.84. The van der Waals surface area contributed by atoms with E-state index in [4.69, 9.17) is 18.9 Å². The Bertz CT molecular complexity index is 1170. The summed E-state index contributed by atoms with van der Waals surface area (Å²) in [5.74, 6) is -0.279. The molecule has 3 rings (SSSR count). The number of carbonyl (C=O) groups is 1. The van der Waals surface area contributed by atoms with Crippen molar-refractivity contribution in [3.63, 3.8) is 0 Å². The van der Waals surface area contributed by atoms with Gasteiger partial charge in [0.2, 0.25) is 0 Å². The minimum atomic E-state index is -0.621. The fraction of sp³-hybridized carbons (Fsp3) is 0.192. The van der Waals surface area contributed by atoms with E-state index in [1.165, 1.54) is 45.6 Å². The second-order valence-electron chi connectivity index (χ2n) is 7.13. The Kier molecular flexibility index (Phi) is 7.53. The van der Waals surface area contributed by atoms with Crippen LogP contribution in [0.4, 0.5) is 0 Å². The number of phenols is 3. The van der Waals surface area contributed by atoms with E-state index in [-0.39, 0.29) is 46.7 Å². The molecule has 34 heavy (non-hydrogen) atoms. The van der Waals surface area contributed by atoms with Gasteiger partial charge >= 0.3 is 5.97 Å². The summed E-state index contributed by atoms with van der Waals surface area (Å²) >= 11 is 0. The molecule has 0 saturated carbocycles. The molecule has 0 spiro atoms. The SMILES string of the molecule is CCOC(=O)C(=C(c1ccc(O)c(OC)c1)c1ccc(O)c(OC)c1)c1ccc(O)c(OC)c1. The van der Waals surface area contributed by atoms with Gasteiger partial charge in [-0.3, -0.25) is 0 Å². The lowest BCUT2D eigenvalue weighted by atomic mass is 9.89. The van der Waals surface area contributed by atoms with Crippen molar-refractivity contribution in [3.05, 3.63) is 71.3 Å². The van der Waals surface area contributed by atoms with Crippen LogP contribution in [0.15, 0.2) is 54.6 Å². The number of rotatable bonds is 8. The van der Waals surface area contributed by atoms with E-state index in [0.717, 1.165) is 0 Å². The second kappa shape index (κ2) is 10.5. The number of aromatic hydroxyl groups is 3. The summed E-state index contributed by atoms with van der Waals surface area (Å²) in [7, 11) is 4.25. The van der Waals surface area contributed by atoms with Gasteiger partial charge < -0.3 is 34.3 Å². The molecule has 0 bridgehead atoms. The van der Waals surface area contributed by atoms with E-state index >= 15 is 0 Å². The highest BCUT2D eigenvalue weighted by Crippen LogP contribution is 2.41. The van der Waals surface area contributed by atoms with Gasteiger partial charge in [0.1, 0.15) is 0 Å². The van der Waals surface area contributed by atoms with Crippen molar-refractivity contribution in [1.29, 1.82) is 0 Å². The van der Waals surface area contributed by atoms with E-state index < -0.39 is 5.97 Å².